The standard InChI is InChI=1S/C20H38N4O4/c1-12(2)19(27)16(11-22)23-20(28)18(13(3)25)24-17(26)9-15(10-21)14-7-5-4-6-8-14/h12-16,18,25H,4-11,21-22H2,1-3H3,(H,23,28)(H,24,26)/t13?,15?,16-,18-/m0/s1. The van der Waals surface area contributed by atoms with Gasteiger partial charge in [-0.1, -0.05) is 46.0 Å². The first-order chi connectivity index (χ1) is 13.2. The first-order valence-corrected chi connectivity index (χ1v) is 10.4. The Morgan fingerprint density at radius 1 is 1.00 bits per heavy atom. The number of aliphatic hydroxyl groups is 1. The minimum absolute atomic E-state index is 0.0415. The molecular formula is C20H38N4O4. The van der Waals surface area contributed by atoms with E-state index >= 15 is 0 Å². The van der Waals surface area contributed by atoms with Gasteiger partial charge < -0.3 is 27.2 Å². The average Bonchev–Trinajstić information content (AvgIpc) is 2.67. The second-order valence-corrected chi connectivity index (χ2v) is 8.24. The summed E-state index contributed by atoms with van der Waals surface area (Å²) in [5, 5.41) is 15.1. The van der Waals surface area contributed by atoms with E-state index in [1.807, 2.05) is 0 Å². The van der Waals surface area contributed by atoms with E-state index in [1.54, 1.807) is 13.8 Å². The number of Topliss-reactive ketones (excluding diaryl/α,β-unsaturated/α-hetero) is 1. The number of ketones is 1. The Labute approximate surface area is 168 Å². The number of carbonyl (C=O) groups is 3. The zero-order valence-corrected chi connectivity index (χ0v) is 17.4. The first kappa shape index (κ1) is 24.5. The Balaban J connectivity index is 2.70. The summed E-state index contributed by atoms with van der Waals surface area (Å²) in [6, 6.07) is -1.99. The van der Waals surface area contributed by atoms with Gasteiger partial charge in [-0.2, -0.15) is 0 Å². The topological polar surface area (TPSA) is 148 Å². The number of rotatable bonds is 11. The zero-order chi connectivity index (χ0) is 21.3. The van der Waals surface area contributed by atoms with Gasteiger partial charge in [0.1, 0.15) is 6.04 Å². The molecule has 1 rings (SSSR count). The van der Waals surface area contributed by atoms with E-state index in [2.05, 4.69) is 10.6 Å². The molecule has 0 heterocycles. The van der Waals surface area contributed by atoms with Gasteiger partial charge >= 0.3 is 0 Å². The summed E-state index contributed by atoms with van der Waals surface area (Å²) < 4.78 is 0. The molecule has 2 unspecified atom stereocenters. The van der Waals surface area contributed by atoms with Crippen LogP contribution >= 0.6 is 0 Å². The molecule has 4 atom stereocenters. The molecule has 0 aromatic carbocycles. The largest absolute Gasteiger partial charge is 0.391 e. The summed E-state index contributed by atoms with van der Waals surface area (Å²) in [6.07, 6.45) is 4.81. The van der Waals surface area contributed by atoms with Crippen LogP contribution in [0.25, 0.3) is 0 Å². The quantitative estimate of drug-likeness (QED) is 0.332. The van der Waals surface area contributed by atoms with Crippen molar-refractivity contribution in [2.75, 3.05) is 13.1 Å². The normalized spacial score (nSPS) is 19.5. The van der Waals surface area contributed by atoms with Crippen molar-refractivity contribution in [2.24, 2.45) is 29.2 Å². The van der Waals surface area contributed by atoms with Crippen LogP contribution in [0.15, 0.2) is 0 Å². The van der Waals surface area contributed by atoms with Crippen molar-refractivity contribution in [3.05, 3.63) is 0 Å². The van der Waals surface area contributed by atoms with E-state index < -0.39 is 24.1 Å². The van der Waals surface area contributed by atoms with E-state index in [4.69, 9.17) is 11.5 Å². The lowest BCUT2D eigenvalue weighted by atomic mass is 9.78. The number of nitrogens with one attached hydrogen (secondary N) is 2. The summed E-state index contributed by atoms with van der Waals surface area (Å²) in [7, 11) is 0. The van der Waals surface area contributed by atoms with Gasteiger partial charge in [-0.25, -0.2) is 0 Å². The molecule has 0 aromatic rings. The maximum Gasteiger partial charge on any atom is 0.245 e. The van der Waals surface area contributed by atoms with Crippen LogP contribution in [-0.4, -0.2) is 54.0 Å². The van der Waals surface area contributed by atoms with Crippen LogP contribution in [-0.2, 0) is 14.4 Å². The van der Waals surface area contributed by atoms with E-state index in [9.17, 15) is 19.5 Å². The molecule has 0 aliphatic heterocycles. The van der Waals surface area contributed by atoms with Gasteiger partial charge in [-0.05, 0) is 25.3 Å². The third-order valence-electron chi connectivity index (χ3n) is 5.61. The Kier molecular flexibility index (Phi) is 10.6. The monoisotopic (exact) mass is 398 g/mol. The highest BCUT2D eigenvalue weighted by molar-refractivity contribution is 5.93. The molecule has 0 bridgehead atoms. The maximum atomic E-state index is 12.6. The number of hydrogen-bond donors (Lipinski definition) is 5. The lowest BCUT2D eigenvalue weighted by Gasteiger charge is -2.30. The summed E-state index contributed by atoms with van der Waals surface area (Å²) in [5.74, 6) is -0.913. The van der Waals surface area contributed by atoms with Gasteiger partial charge in [0.2, 0.25) is 11.8 Å². The van der Waals surface area contributed by atoms with Crippen LogP contribution in [0.3, 0.4) is 0 Å². The molecule has 8 heteroatoms. The van der Waals surface area contributed by atoms with Crippen LogP contribution in [0.5, 0.6) is 0 Å². The predicted molar refractivity (Wildman–Crippen MR) is 108 cm³/mol. The Bertz CT molecular complexity index is 518. The zero-order valence-electron chi connectivity index (χ0n) is 17.4. The molecule has 1 aliphatic rings. The molecule has 0 spiro atoms. The third kappa shape index (κ3) is 7.48. The van der Waals surface area contributed by atoms with Crippen molar-refractivity contribution in [1.29, 1.82) is 0 Å². The second-order valence-electron chi connectivity index (χ2n) is 8.24. The van der Waals surface area contributed by atoms with Crippen molar-refractivity contribution in [3.8, 4) is 0 Å². The average molecular weight is 399 g/mol. The van der Waals surface area contributed by atoms with Crippen molar-refractivity contribution in [2.45, 2.75) is 77.5 Å². The van der Waals surface area contributed by atoms with Gasteiger partial charge in [0.25, 0.3) is 0 Å². The lowest BCUT2D eigenvalue weighted by Crippen LogP contribution is -2.57. The minimum atomic E-state index is -1.15. The fraction of sp³-hybridized carbons (Fsp3) is 0.850. The van der Waals surface area contributed by atoms with Crippen LogP contribution in [0.4, 0.5) is 0 Å². The molecule has 1 aliphatic carbocycles. The van der Waals surface area contributed by atoms with Gasteiger partial charge in [-0.3, -0.25) is 14.4 Å². The third-order valence-corrected chi connectivity index (χ3v) is 5.61. The van der Waals surface area contributed by atoms with Crippen LogP contribution in [0.1, 0.15) is 59.3 Å². The number of nitrogens with two attached hydrogens (primary N) is 2. The van der Waals surface area contributed by atoms with Gasteiger partial charge in [-0.15, -0.1) is 0 Å². The first-order valence-electron chi connectivity index (χ1n) is 10.4. The Morgan fingerprint density at radius 3 is 2.07 bits per heavy atom. The fourth-order valence-electron chi connectivity index (χ4n) is 3.83. The molecule has 1 fully saturated rings. The molecule has 8 nitrogen and oxygen atoms in total. The summed E-state index contributed by atoms with van der Waals surface area (Å²) >= 11 is 0. The smallest absolute Gasteiger partial charge is 0.245 e. The Hall–Kier alpha value is -1.51. The highest BCUT2D eigenvalue weighted by Crippen LogP contribution is 2.31. The van der Waals surface area contributed by atoms with E-state index in [0.29, 0.717) is 12.5 Å². The van der Waals surface area contributed by atoms with Gasteiger partial charge in [0.15, 0.2) is 5.78 Å². The molecule has 1 saturated carbocycles. The minimum Gasteiger partial charge on any atom is -0.391 e. The van der Waals surface area contributed by atoms with Crippen molar-refractivity contribution < 1.29 is 19.5 Å². The van der Waals surface area contributed by atoms with Crippen LogP contribution < -0.4 is 22.1 Å². The molecule has 7 N–H and O–H groups in total. The van der Waals surface area contributed by atoms with E-state index in [1.165, 1.54) is 13.3 Å². The highest BCUT2D eigenvalue weighted by atomic mass is 16.3. The molecule has 0 radical (unpaired) electrons. The molecule has 0 aromatic heterocycles. The van der Waals surface area contributed by atoms with Crippen LogP contribution in [0, 0.1) is 17.8 Å². The van der Waals surface area contributed by atoms with E-state index in [0.717, 1.165) is 25.7 Å². The SMILES string of the molecule is CC(C)C(=O)[C@H](CN)NC(=O)[C@@H](NC(=O)CC(CN)C1CCCCC1)C(C)O. The summed E-state index contributed by atoms with van der Waals surface area (Å²) in [5.41, 5.74) is 11.5. The summed E-state index contributed by atoms with van der Waals surface area (Å²) in [6.45, 7) is 5.25. The molecular weight excluding hydrogens is 360 g/mol. The fourth-order valence-corrected chi connectivity index (χ4v) is 3.83. The maximum absolute atomic E-state index is 12.6. The van der Waals surface area contributed by atoms with Crippen LogP contribution in [0.2, 0.25) is 0 Å². The lowest BCUT2D eigenvalue weighted by molar-refractivity contribution is -0.134. The molecule has 2 amide bonds. The van der Waals surface area contributed by atoms with Crippen molar-refractivity contribution >= 4 is 17.6 Å². The number of hydrogen-bond acceptors (Lipinski definition) is 6. The molecule has 0 saturated heterocycles. The number of carbonyl (C=O) groups excluding carboxylic acids is 3. The number of amides is 2. The molecule has 162 valence electrons. The summed E-state index contributed by atoms with van der Waals surface area (Å²) in [4.78, 5) is 37.2. The second kappa shape index (κ2) is 12.1. The highest BCUT2D eigenvalue weighted by Gasteiger charge is 2.31. The van der Waals surface area contributed by atoms with E-state index in [-0.39, 0.29) is 36.5 Å². The number of aliphatic hydroxyl groups excluding tert-OH is 1. The van der Waals surface area contributed by atoms with Gasteiger partial charge in [0.05, 0.1) is 12.1 Å². The van der Waals surface area contributed by atoms with Gasteiger partial charge in [0, 0.05) is 18.9 Å². The predicted octanol–water partition coefficient (Wildman–Crippen LogP) is 0.0659. The van der Waals surface area contributed by atoms with Crippen molar-refractivity contribution in [3.63, 3.8) is 0 Å². The Morgan fingerprint density at radius 2 is 1.61 bits per heavy atom. The molecule has 28 heavy (non-hydrogen) atoms. The van der Waals surface area contributed by atoms with Crippen molar-refractivity contribution in [1.82, 2.24) is 10.6 Å².